The molecule has 2 N–H and O–H groups in total. The maximum Gasteiger partial charge on any atom is 0.344 e. The Labute approximate surface area is 172 Å². The van der Waals surface area contributed by atoms with Crippen molar-refractivity contribution < 1.29 is 24.6 Å². The van der Waals surface area contributed by atoms with Gasteiger partial charge in [0.25, 0.3) is 0 Å². The number of allylic oxidation sites excluding steroid dienone is 2. The van der Waals surface area contributed by atoms with Crippen LogP contribution in [0.4, 0.5) is 0 Å². The summed E-state index contributed by atoms with van der Waals surface area (Å²) in [6, 6.07) is 0. The lowest BCUT2D eigenvalue weighted by atomic mass is 9.46. The van der Waals surface area contributed by atoms with Gasteiger partial charge in [0.1, 0.15) is 5.60 Å². The highest BCUT2D eigenvalue weighted by Crippen LogP contribution is 2.67. The fraction of sp³-hybridized carbons (Fsp3) is 0.783. The van der Waals surface area contributed by atoms with E-state index < -0.39 is 18.2 Å². The fourth-order valence-electron chi connectivity index (χ4n) is 7.41. The zero-order chi connectivity index (χ0) is 21.0. The Morgan fingerprint density at radius 3 is 2.55 bits per heavy atom. The standard InChI is InChI=1S/C23H33NO5/c1-14(25)23(28)11-8-19-17-5-4-15-12-16(24-29-13-20(26)27)6-9-21(15,2)18(17)7-10-22(19,23)3/h12,17-19,28H,4-11,13H2,1-3H3,(H,26,27)/b24-16+/t17-,18+,19-,21+,22+,23+/m1/s1. The molecular formula is C23H33NO5. The Bertz CT molecular complexity index is 788. The molecule has 6 atom stereocenters. The van der Waals surface area contributed by atoms with Crippen LogP contribution in [-0.2, 0) is 14.4 Å². The van der Waals surface area contributed by atoms with Gasteiger partial charge in [-0.3, -0.25) is 4.79 Å². The highest BCUT2D eigenvalue weighted by molar-refractivity contribution is 5.96. The third-order valence-corrected chi connectivity index (χ3v) is 9.08. The molecule has 0 saturated heterocycles. The van der Waals surface area contributed by atoms with Gasteiger partial charge in [-0.25, -0.2) is 4.79 Å². The number of rotatable bonds is 4. The van der Waals surface area contributed by atoms with Gasteiger partial charge < -0.3 is 15.1 Å². The van der Waals surface area contributed by atoms with Crippen molar-refractivity contribution in [1.29, 1.82) is 0 Å². The number of aliphatic carboxylic acids is 1. The SMILES string of the molecule is CC(=O)[C@@]1(O)CC[C@@H]2[C@@H]3CCC4=C/C(=N/OCC(=O)O)CC[C@]4(C)[C@H]3CC[C@@]21C. The van der Waals surface area contributed by atoms with E-state index in [0.717, 1.165) is 50.7 Å². The van der Waals surface area contributed by atoms with Gasteiger partial charge in [0.05, 0.1) is 5.71 Å². The van der Waals surface area contributed by atoms with E-state index in [9.17, 15) is 14.7 Å². The van der Waals surface area contributed by atoms with Crippen LogP contribution >= 0.6 is 0 Å². The average molecular weight is 404 g/mol. The largest absolute Gasteiger partial charge is 0.479 e. The molecule has 0 spiro atoms. The second-order valence-corrected chi connectivity index (χ2v) is 10.2. The van der Waals surface area contributed by atoms with Crippen LogP contribution in [-0.4, -0.2) is 39.9 Å². The zero-order valence-electron chi connectivity index (χ0n) is 17.7. The Morgan fingerprint density at radius 2 is 1.86 bits per heavy atom. The molecule has 0 aromatic rings. The number of carbonyl (C=O) groups is 2. The Hall–Kier alpha value is -1.69. The number of carbonyl (C=O) groups excluding carboxylic acids is 1. The molecule has 6 nitrogen and oxygen atoms in total. The first kappa shape index (κ1) is 20.6. The molecule has 0 bridgehead atoms. The summed E-state index contributed by atoms with van der Waals surface area (Å²) in [6.45, 7) is 5.67. The normalized spacial score (nSPS) is 45.0. The lowest BCUT2D eigenvalue weighted by molar-refractivity contribution is -0.159. The highest BCUT2D eigenvalue weighted by Gasteiger charge is 2.65. The number of nitrogens with zero attached hydrogens (tertiary/aromatic N) is 1. The van der Waals surface area contributed by atoms with Crippen molar-refractivity contribution in [3.63, 3.8) is 0 Å². The first-order valence-corrected chi connectivity index (χ1v) is 11.0. The van der Waals surface area contributed by atoms with E-state index in [1.807, 2.05) is 0 Å². The number of ketones is 1. The number of hydrogen-bond acceptors (Lipinski definition) is 5. The Kier molecular flexibility index (Phi) is 4.92. The van der Waals surface area contributed by atoms with E-state index in [-0.39, 0.29) is 16.6 Å². The second kappa shape index (κ2) is 6.93. The molecule has 6 heteroatoms. The predicted octanol–water partition coefficient (Wildman–Crippen LogP) is 3.73. The van der Waals surface area contributed by atoms with Crippen LogP contribution in [0, 0.1) is 28.6 Å². The quantitative estimate of drug-likeness (QED) is 0.697. The molecule has 0 unspecified atom stereocenters. The van der Waals surface area contributed by atoms with Gasteiger partial charge in [-0.1, -0.05) is 24.6 Å². The molecule has 3 fully saturated rings. The predicted molar refractivity (Wildman–Crippen MR) is 108 cm³/mol. The summed E-state index contributed by atoms with van der Waals surface area (Å²) < 4.78 is 0. The van der Waals surface area contributed by atoms with Crippen molar-refractivity contribution in [3.8, 4) is 0 Å². The van der Waals surface area contributed by atoms with Crippen LogP contribution in [0.3, 0.4) is 0 Å². The molecule has 29 heavy (non-hydrogen) atoms. The summed E-state index contributed by atoms with van der Waals surface area (Å²) in [5, 5.41) is 24.0. The van der Waals surface area contributed by atoms with Crippen molar-refractivity contribution >= 4 is 17.5 Å². The fourth-order valence-corrected chi connectivity index (χ4v) is 7.41. The molecule has 0 radical (unpaired) electrons. The average Bonchev–Trinajstić information content (AvgIpc) is 2.94. The van der Waals surface area contributed by atoms with Crippen molar-refractivity contribution in [1.82, 2.24) is 0 Å². The summed E-state index contributed by atoms with van der Waals surface area (Å²) in [6.07, 6.45) is 9.50. The molecular weight excluding hydrogens is 370 g/mol. The molecule has 0 aliphatic heterocycles. The molecule has 0 aromatic heterocycles. The summed E-state index contributed by atoms with van der Waals surface area (Å²) >= 11 is 0. The highest BCUT2D eigenvalue weighted by atomic mass is 16.6. The number of oxime groups is 1. The van der Waals surface area contributed by atoms with Crippen molar-refractivity contribution in [3.05, 3.63) is 11.6 Å². The summed E-state index contributed by atoms with van der Waals surface area (Å²) in [5.41, 5.74) is 0.903. The number of hydrogen-bond donors (Lipinski definition) is 2. The van der Waals surface area contributed by atoms with Crippen LogP contribution in [0.1, 0.15) is 72.1 Å². The topological polar surface area (TPSA) is 96.2 Å². The molecule has 160 valence electrons. The van der Waals surface area contributed by atoms with Gasteiger partial charge in [0.15, 0.2) is 5.78 Å². The summed E-state index contributed by atoms with van der Waals surface area (Å²) in [5.74, 6) is 0.434. The number of Topliss-reactive ketones (excluding diaryl/α,β-unsaturated/α-hetero) is 1. The molecule has 0 heterocycles. The van der Waals surface area contributed by atoms with Crippen molar-refractivity contribution in [2.45, 2.75) is 77.7 Å². The Morgan fingerprint density at radius 1 is 1.14 bits per heavy atom. The van der Waals surface area contributed by atoms with Crippen LogP contribution in [0.2, 0.25) is 0 Å². The zero-order valence-corrected chi connectivity index (χ0v) is 17.7. The lowest BCUT2D eigenvalue weighted by Gasteiger charge is -2.59. The van der Waals surface area contributed by atoms with Gasteiger partial charge in [-0.05, 0) is 87.5 Å². The van der Waals surface area contributed by atoms with Crippen LogP contribution in [0.15, 0.2) is 16.8 Å². The van der Waals surface area contributed by atoms with E-state index in [2.05, 4.69) is 25.1 Å². The molecule has 0 aromatic carbocycles. The van der Waals surface area contributed by atoms with Crippen LogP contribution < -0.4 is 0 Å². The number of aliphatic hydroxyl groups is 1. The van der Waals surface area contributed by atoms with E-state index >= 15 is 0 Å². The van der Waals surface area contributed by atoms with Gasteiger partial charge in [0, 0.05) is 5.41 Å². The minimum absolute atomic E-state index is 0.0663. The van der Waals surface area contributed by atoms with Gasteiger partial charge in [-0.2, -0.15) is 0 Å². The smallest absolute Gasteiger partial charge is 0.344 e. The molecule has 0 amide bonds. The number of carboxylic acid groups (broad SMARTS) is 1. The lowest BCUT2D eigenvalue weighted by Crippen LogP contribution is -2.57. The third-order valence-electron chi connectivity index (χ3n) is 9.08. The molecule has 4 rings (SSSR count). The Balaban J connectivity index is 1.57. The maximum atomic E-state index is 12.3. The van der Waals surface area contributed by atoms with Crippen LogP contribution in [0.5, 0.6) is 0 Å². The van der Waals surface area contributed by atoms with E-state index in [0.29, 0.717) is 24.2 Å². The summed E-state index contributed by atoms with van der Waals surface area (Å²) in [7, 11) is 0. The first-order valence-electron chi connectivity index (χ1n) is 11.0. The number of fused-ring (bicyclic) bond motifs is 5. The summed E-state index contributed by atoms with van der Waals surface area (Å²) in [4.78, 5) is 27.9. The molecule has 4 aliphatic rings. The number of carboxylic acids is 1. The minimum atomic E-state index is -1.16. The van der Waals surface area contributed by atoms with Crippen molar-refractivity contribution in [2.75, 3.05) is 6.61 Å². The van der Waals surface area contributed by atoms with Crippen molar-refractivity contribution in [2.24, 2.45) is 33.7 Å². The first-order chi connectivity index (χ1) is 13.6. The van der Waals surface area contributed by atoms with Crippen LogP contribution in [0.25, 0.3) is 0 Å². The van der Waals surface area contributed by atoms with Gasteiger partial charge in [0.2, 0.25) is 6.61 Å². The van der Waals surface area contributed by atoms with E-state index in [4.69, 9.17) is 9.94 Å². The van der Waals surface area contributed by atoms with Gasteiger partial charge in [-0.15, -0.1) is 0 Å². The maximum absolute atomic E-state index is 12.3. The molecule has 3 saturated carbocycles. The monoisotopic (exact) mass is 403 g/mol. The second-order valence-electron chi connectivity index (χ2n) is 10.2. The van der Waals surface area contributed by atoms with Gasteiger partial charge >= 0.3 is 5.97 Å². The third kappa shape index (κ3) is 2.97. The molecule has 4 aliphatic carbocycles. The van der Waals surface area contributed by atoms with E-state index in [1.54, 1.807) is 6.92 Å². The van der Waals surface area contributed by atoms with E-state index in [1.165, 1.54) is 5.57 Å². The minimum Gasteiger partial charge on any atom is -0.479 e.